The standard InChI is InChI=1S/C3H4Cl2O2/c4-3(5)6-1-2-7-3/h1-2H2. The predicted octanol–water partition coefficient (Wildman–Crippen LogP) is 1.12. The molecule has 1 aliphatic rings. The van der Waals surface area contributed by atoms with Crippen molar-refractivity contribution in [3.63, 3.8) is 0 Å². The van der Waals surface area contributed by atoms with Crippen LogP contribution in [-0.4, -0.2) is 17.9 Å². The highest BCUT2D eigenvalue weighted by Crippen LogP contribution is 2.27. The first-order chi connectivity index (χ1) is 3.21. The summed E-state index contributed by atoms with van der Waals surface area (Å²) in [5, 5.41) is 0. The molecule has 1 aliphatic heterocycles. The van der Waals surface area contributed by atoms with Gasteiger partial charge in [0.05, 0.1) is 13.2 Å². The highest BCUT2D eigenvalue weighted by molar-refractivity contribution is 6.46. The van der Waals surface area contributed by atoms with Crippen molar-refractivity contribution >= 4 is 23.2 Å². The van der Waals surface area contributed by atoms with E-state index in [0.717, 1.165) is 0 Å². The van der Waals surface area contributed by atoms with E-state index in [1.165, 1.54) is 0 Å². The smallest absolute Gasteiger partial charge is 0.322 e. The molecule has 0 aromatic rings. The topological polar surface area (TPSA) is 18.5 Å². The lowest BCUT2D eigenvalue weighted by molar-refractivity contribution is -0.0119. The van der Waals surface area contributed by atoms with Gasteiger partial charge in [0.2, 0.25) is 0 Å². The van der Waals surface area contributed by atoms with Crippen LogP contribution in [0.25, 0.3) is 0 Å². The Morgan fingerprint density at radius 1 is 1.14 bits per heavy atom. The number of ether oxygens (including phenoxy) is 2. The first-order valence-corrected chi connectivity index (χ1v) is 2.62. The quantitative estimate of drug-likeness (QED) is 0.473. The first kappa shape index (κ1) is 5.63. The van der Waals surface area contributed by atoms with Gasteiger partial charge in [-0.3, -0.25) is 0 Å². The molecule has 42 valence electrons. The van der Waals surface area contributed by atoms with Gasteiger partial charge in [-0.2, -0.15) is 0 Å². The molecule has 0 saturated carbocycles. The lowest BCUT2D eigenvalue weighted by Gasteiger charge is -2.06. The average Bonchev–Trinajstić information content (AvgIpc) is 1.84. The molecule has 0 aromatic carbocycles. The van der Waals surface area contributed by atoms with Crippen LogP contribution in [0.4, 0.5) is 0 Å². The molecule has 1 saturated heterocycles. The van der Waals surface area contributed by atoms with Gasteiger partial charge in [0.15, 0.2) is 0 Å². The minimum absolute atomic E-state index is 0.479. The Labute approximate surface area is 51.3 Å². The Morgan fingerprint density at radius 2 is 1.57 bits per heavy atom. The van der Waals surface area contributed by atoms with Crippen molar-refractivity contribution in [2.45, 2.75) is 4.71 Å². The van der Waals surface area contributed by atoms with Crippen LogP contribution in [0.1, 0.15) is 0 Å². The summed E-state index contributed by atoms with van der Waals surface area (Å²) in [7, 11) is 0. The van der Waals surface area contributed by atoms with E-state index < -0.39 is 4.71 Å². The van der Waals surface area contributed by atoms with Gasteiger partial charge in [0.1, 0.15) is 0 Å². The molecule has 0 atom stereocenters. The van der Waals surface area contributed by atoms with Crippen molar-refractivity contribution < 1.29 is 9.47 Å². The van der Waals surface area contributed by atoms with E-state index in [-0.39, 0.29) is 0 Å². The minimum atomic E-state index is -1.36. The molecule has 1 fully saturated rings. The van der Waals surface area contributed by atoms with Crippen molar-refractivity contribution in [3.8, 4) is 0 Å². The van der Waals surface area contributed by atoms with E-state index >= 15 is 0 Å². The average molecular weight is 143 g/mol. The molecule has 2 nitrogen and oxygen atoms in total. The van der Waals surface area contributed by atoms with Crippen molar-refractivity contribution in [2.75, 3.05) is 13.2 Å². The van der Waals surface area contributed by atoms with Crippen LogP contribution < -0.4 is 0 Å². The maximum atomic E-state index is 5.29. The van der Waals surface area contributed by atoms with Crippen LogP contribution in [0.3, 0.4) is 0 Å². The van der Waals surface area contributed by atoms with Crippen molar-refractivity contribution in [2.24, 2.45) is 0 Å². The molecule has 0 aromatic heterocycles. The van der Waals surface area contributed by atoms with E-state index in [1.54, 1.807) is 0 Å². The monoisotopic (exact) mass is 142 g/mol. The Morgan fingerprint density at radius 3 is 1.71 bits per heavy atom. The Balaban J connectivity index is 2.40. The van der Waals surface area contributed by atoms with Crippen LogP contribution in [0.2, 0.25) is 0 Å². The minimum Gasteiger partial charge on any atom is -0.322 e. The van der Waals surface area contributed by atoms with Crippen LogP contribution in [0, 0.1) is 0 Å². The van der Waals surface area contributed by atoms with Gasteiger partial charge >= 0.3 is 4.71 Å². The third-order valence-corrected chi connectivity index (χ3v) is 1.06. The molecule has 4 heteroatoms. The SMILES string of the molecule is ClC1(Cl)OCCO1. The summed E-state index contributed by atoms with van der Waals surface area (Å²) < 4.78 is 7.94. The van der Waals surface area contributed by atoms with Crippen molar-refractivity contribution in [1.82, 2.24) is 0 Å². The first-order valence-electron chi connectivity index (χ1n) is 1.86. The summed E-state index contributed by atoms with van der Waals surface area (Å²) in [4.78, 5) is 0. The zero-order chi connectivity index (χ0) is 5.33. The molecule has 0 unspecified atom stereocenters. The van der Waals surface area contributed by atoms with Gasteiger partial charge in [0.25, 0.3) is 0 Å². The van der Waals surface area contributed by atoms with E-state index in [1.807, 2.05) is 0 Å². The second kappa shape index (κ2) is 1.78. The Bertz CT molecular complexity index is 65.3. The number of rotatable bonds is 0. The van der Waals surface area contributed by atoms with Crippen molar-refractivity contribution in [3.05, 3.63) is 0 Å². The second-order valence-corrected chi connectivity index (χ2v) is 2.35. The molecule has 1 heterocycles. The van der Waals surface area contributed by atoms with E-state index in [4.69, 9.17) is 23.2 Å². The van der Waals surface area contributed by atoms with Gasteiger partial charge < -0.3 is 9.47 Å². The van der Waals surface area contributed by atoms with Crippen LogP contribution in [0.5, 0.6) is 0 Å². The molecule has 7 heavy (non-hydrogen) atoms. The summed E-state index contributed by atoms with van der Waals surface area (Å²) in [6.45, 7) is 0.958. The van der Waals surface area contributed by atoms with Crippen LogP contribution in [-0.2, 0) is 9.47 Å². The summed E-state index contributed by atoms with van der Waals surface area (Å²) in [5.41, 5.74) is 0. The normalized spacial score (nSPS) is 28.3. The summed E-state index contributed by atoms with van der Waals surface area (Å²) in [6.07, 6.45) is 0. The van der Waals surface area contributed by atoms with Crippen LogP contribution in [0.15, 0.2) is 0 Å². The molecule has 1 rings (SSSR count). The lowest BCUT2D eigenvalue weighted by Crippen LogP contribution is -2.10. The zero-order valence-corrected chi connectivity index (χ0v) is 5.00. The van der Waals surface area contributed by atoms with E-state index in [2.05, 4.69) is 9.47 Å². The lowest BCUT2D eigenvalue weighted by atomic mass is 10.8. The van der Waals surface area contributed by atoms with Crippen molar-refractivity contribution in [1.29, 1.82) is 0 Å². The van der Waals surface area contributed by atoms with E-state index in [9.17, 15) is 0 Å². The molecule has 0 spiro atoms. The molecule has 0 bridgehead atoms. The third-order valence-electron chi connectivity index (χ3n) is 0.624. The maximum absolute atomic E-state index is 5.29. The number of hydrogen-bond donors (Lipinski definition) is 0. The van der Waals surface area contributed by atoms with Gasteiger partial charge in [-0.15, -0.1) is 0 Å². The van der Waals surface area contributed by atoms with Crippen LogP contribution >= 0.6 is 23.2 Å². The highest BCUT2D eigenvalue weighted by Gasteiger charge is 2.30. The summed E-state index contributed by atoms with van der Waals surface area (Å²) in [5.74, 6) is 0. The van der Waals surface area contributed by atoms with Gasteiger partial charge in [-0.25, -0.2) is 0 Å². The fourth-order valence-corrected chi connectivity index (χ4v) is 0.671. The Kier molecular flexibility index (Phi) is 1.44. The van der Waals surface area contributed by atoms with Gasteiger partial charge in [-0.1, -0.05) is 0 Å². The van der Waals surface area contributed by atoms with Gasteiger partial charge in [0, 0.05) is 0 Å². The number of halogens is 2. The fraction of sp³-hybridized carbons (Fsp3) is 1.00. The third kappa shape index (κ3) is 1.46. The second-order valence-electron chi connectivity index (χ2n) is 1.16. The predicted molar refractivity (Wildman–Crippen MR) is 26.3 cm³/mol. The molecular weight excluding hydrogens is 139 g/mol. The molecular formula is C3H4Cl2O2. The van der Waals surface area contributed by atoms with Gasteiger partial charge in [-0.05, 0) is 23.2 Å². The largest absolute Gasteiger partial charge is 0.332 e. The number of alkyl halides is 2. The molecule has 0 amide bonds. The molecule has 0 aliphatic carbocycles. The zero-order valence-electron chi connectivity index (χ0n) is 3.49. The summed E-state index contributed by atoms with van der Waals surface area (Å²) in [6, 6.07) is 0. The molecule has 0 radical (unpaired) electrons. The Hall–Kier alpha value is 0.500. The molecule has 0 N–H and O–H groups in total. The van der Waals surface area contributed by atoms with E-state index in [0.29, 0.717) is 13.2 Å². The highest BCUT2D eigenvalue weighted by atomic mass is 35.5. The number of hydrogen-bond acceptors (Lipinski definition) is 2. The fourth-order valence-electron chi connectivity index (χ4n) is 0.363. The maximum Gasteiger partial charge on any atom is 0.332 e. The summed E-state index contributed by atoms with van der Waals surface area (Å²) >= 11 is 10.6.